The molecule has 0 aliphatic carbocycles. The number of carbonyl (C=O) groups excluding carboxylic acids is 1. The molecule has 8 heteroatoms. The van der Waals surface area contributed by atoms with E-state index in [0.717, 1.165) is 0 Å². The van der Waals surface area contributed by atoms with Crippen LogP contribution in [0.1, 0.15) is 15.9 Å². The van der Waals surface area contributed by atoms with Crippen molar-refractivity contribution in [1.82, 2.24) is 10.9 Å². The van der Waals surface area contributed by atoms with Crippen molar-refractivity contribution in [2.75, 3.05) is 12.4 Å². The maximum atomic E-state index is 11.8. The summed E-state index contributed by atoms with van der Waals surface area (Å²) in [4.78, 5) is 11.7. The highest BCUT2D eigenvalue weighted by Crippen LogP contribution is 2.09. The molecule has 1 aliphatic heterocycles. The molecule has 1 aliphatic rings. The molecule has 0 unspecified atom stereocenters. The van der Waals surface area contributed by atoms with Gasteiger partial charge in [0.25, 0.3) is 0 Å². The van der Waals surface area contributed by atoms with Crippen LogP contribution in [0.2, 0.25) is 0 Å². The van der Waals surface area contributed by atoms with E-state index in [9.17, 15) is 8.68 Å². The number of benzene rings is 1. The topological polar surface area (TPSA) is 75.1 Å². The second-order valence-corrected chi connectivity index (χ2v) is 4.12. The first-order valence-electron chi connectivity index (χ1n) is 5.43. The van der Waals surface area contributed by atoms with Crippen molar-refractivity contribution in [1.29, 1.82) is 0 Å². The Bertz CT molecular complexity index is 521. The minimum Gasteiger partial charge on any atom is -0.461 e. The highest BCUT2D eigenvalue weighted by atomic mass is 32.2. The largest absolute Gasteiger partial charge is 0.461 e. The Morgan fingerprint density at radius 2 is 2.37 bits per heavy atom. The van der Waals surface area contributed by atoms with Gasteiger partial charge in [0.1, 0.15) is 12.9 Å². The van der Waals surface area contributed by atoms with Crippen molar-refractivity contribution in [3.8, 4) is 0 Å². The van der Waals surface area contributed by atoms with Crippen LogP contribution in [0.25, 0.3) is 0 Å². The molecule has 0 spiro atoms. The van der Waals surface area contributed by atoms with Gasteiger partial charge in [0.05, 0.1) is 11.3 Å². The lowest BCUT2D eigenvalue weighted by Gasteiger charge is -2.10. The van der Waals surface area contributed by atoms with Crippen LogP contribution < -0.4 is 10.9 Å². The molecular formula is C11H11FN4O2S. The van der Waals surface area contributed by atoms with E-state index in [0.29, 0.717) is 17.0 Å². The first kappa shape index (κ1) is 13.3. The maximum Gasteiger partial charge on any atom is 0.338 e. The van der Waals surface area contributed by atoms with Gasteiger partial charge >= 0.3 is 5.97 Å². The molecule has 0 saturated carbocycles. The Morgan fingerprint density at radius 1 is 1.47 bits per heavy atom. The van der Waals surface area contributed by atoms with Gasteiger partial charge in [-0.05, 0) is 12.1 Å². The van der Waals surface area contributed by atoms with E-state index in [-0.39, 0.29) is 24.5 Å². The fourth-order valence-corrected chi connectivity index (χ4v) is 1.56. The van der Waals surface area contributed by atoms with Crippen molar-refractivity contribution in [2.24, 2.45) is 10.2 Å². The summed E-state index contributed by atoms with van der Waals surface area (Å²) in [6.07, 6.45) is 1.40. The van der Waals surface area contributed by atoms with Crippen LogP contribution in [0.4, 0.5) is 3.89 Å². The number of nitrogens with one attached hydrogen (secondary N) is 2. The lowest BCUT2D eigenvalue weighted by molar-refractivity contribution is 0.0530. The summed E-state index contributed by atoms with van der Waals surface area (Å²) in [6.45, 7) is 0.0370. The standard InChI is InChI=1S/C11H11FN4O2S/c12-19-5-4-18-11(17)9-3-1-2-8(6-9)10-15-13-7-14-16-10/h1-3,6-7H,4-5H2,(H,13,14)(H,15,16). The van der Waals surface area contributed by atoms with E-state index in [1.807, 2.05) is 0 Å². The minimum absolute atomic E-state index is 0.0370. The number of amidine groups is 1. The number of carbonyl (C=O) groups is 1. The summed E-state index contributed by atoms with van der Waals surface area (Å²) >= 11 is 0.134. The number of halogens is 1. The van der Waals surface area contributed by atoms with Crippen LogP contribution in [0.15, 0.2) is 34.5 Å². The molecule has 0 aromatic heterocycles. The molecule has 100 valence electrons. The van der Waals surface area contributed by atoms with E-state index in [4.69, 9.17) is 4.74 Å². The van der Waals surface area contributed by atoms with E-state index in [1.54, 1.807) is 24.3 Å². The number of rotatable bonds is 5. The molecule has 0 atom stereocenters. The summed E-state index contributed by atoms with van der Waals surface area (Å²) in [5.74, 6) is 0.124. The SMILES string of the molecule is O=C(OCCSF)c1cccc(C2=NNC=NN2)c1. The van der Waals surface area contributed by atoms with Crippen LogP contribution >= 0.6 is 12.1 Å². The van der Waals surface area contributed by atoms with Crippen molar-refractivity contribution in [2.45, 2.75) is 0 Å². The van der Waals surface area contributed by atoms with Crippen LogP contribution in [-0.4, -0.2) is 30.5 Å². The summed E-state index contributed by atoms with van der Waals surface area (Å²) in [6, 6.07) is 6.73. The number of hydrogen-bond donors (Lipinski definition) is 2. The predicted molar refractivity (Wildman–Crippen MR) is 71.6 cm³/mol. The minimum atomic E-state index is -0.497. The zero-order valence-corrected chi connectivity index (χ0v) is 10.6. The second kappa shape index (κ2) is 6.74. The second-order valence-electron chi connectivity index (χ2n) is 3.49. The average molecular weight is 282 g/mol. The molecule has 1 aromatic rings. The summed E-state index contributed by atoms with van der Waals surface area (Å²) in [7, 11) is 0. The van der Waals surface area contributed by atoms with E-state index >= 15 is 0 Å². The number of ether oxygens (including phenoxy) is 1. The van der Waals surface area contributed by atoms with Gasteiger partial charge in [-0.15, -0.1) is 0 Å². The number of hydrazone groups is 2. The van der Waals surface area contributed by atoms with Crippen molar-refractivity contribution >= 4 is 30.3 Å². The molecule has 0 amide bonds. The van der Waals surface area contributed by atoms with Crippen LogP contribution in [0, 0.1) is 0 Å². The normalized spacial score (nSPS) is 13.2. The van der Waals surface area contributed by atoms with Gasteiger partial charge < -0.3 is 4.74 Å². The van der Waals surface area contributed by atoms with Gasteiger partial charge in [-0.3, -0.25) is 10.9 Å². The van der Waals surface area contributed by atoms with Gasteiger partial charge in [0.2, 0.25) is 0 Å². The number of hydrogen-bond acceptors (Lipinski definition) is 7. The zero-order chi connectivity index (χ0) is 13.5. The van der Waals surface area contributed by atoms with Crippen LogP contribution in [0.3, 0.4) is 0 Å². The van der Waals surface area contributed by atoms with Crippen molar-refractivity contribution < 1.29 is 13.4 Å². The molecular weight excluding hydrogens is 271 g/mol. The summed E-state index contributed by atoms with van der Waals surface area (Å²) in [5, 5.41) is 7.77. The molecule has 0 radical (unpaired) electrons. The summed E-state index contributed by atoms with van der Waals surface area (Å²) < 4.78 is 16.7. The van der Waals surface area contributed by atoms with Gasteiger partial charge in [0, 0.05) is 17.7 Å². The van der Waals surface area contributed by atoms with Crippen molar-refractivity contribution in [3.05, 3.63) is 35.4 Å². The monoisotopic (exact) mass is 282 g/mol. The lowest BCUT2D eigenvalue weighted by Crippen LogP contribution is -2.28. The third-order valence-electron chi connectivity index (χ3n) is 2.23. The van der Waals surface area contributed by atoms with E-state index in [1.165, 1.54) is 6.34 Å². The quantitative estimate of drug-likeness (QED) is 0.628. The smallest absolute Gasteiger partial charge is 0.338 e. The van der Waals surface area contributed by atoms with Gasteiger partial charge in [-0.25, -0.2) is 4.79 Å². The number of esters is 1. The first-order valence-corrected chi connectivity index (χ1v) is 6.31. The Morgan fingerprint density at radius 3 is 3.11 bits per heavy atom. The van der Waals surface area contributed by atoms with Crippen LogP contribution in [-0.2, 0) is 4.74 Å². The van der Waals surface area contributed by atoms with Gasteiger partial charge in [0.15, 0.2) is 5.84 Å². The fraction of sp³-hybridized carbons (Fsp3) is 0.182. The lowest BCUT2D eigenvalue weighted by atomic mass is 10.1. The first-order chi connectivity index (χ1) is 9.31. The molecule has 2 N–H and O–H groups in total. The number of nitrogens with zero attached hydrogens (tertiary/aromatic N) is 2. The third kappa shape index (κ3) is 3.68. The fourth-order valence-electron chi connectivity index (χ4n) is 1.41. The highest BCUT2D eigenvalue weighted by Gasteiger charge is 2.11. The van der Waals surface area contributed by atoms with E-state index in [2.05, 4.69) is 21.1 Å². The molecule has 19 heavy (non-hydrogen) atoms. The Labute approximate surface area is 113 Å². The molecule has 0 fully saturated rings. The molecule has 0 bridgehead atoms. The molecule has 1 heterocycles. The van der Waals surface area contributed by atoms with Crippen LogP contribution in [0.5, 0.6) is 0 Å². The Balaban J connectivity index is 2.06. The Hall–Kier alpha value is -2.09. The molecule has 1 aromatic carbocycles. The highest BCUT2D eigenvalue weighted by molar-refractivity contribution is 7.94. The third-order valence-corrected chi connectivity index (χ3v) is 2.56. The van der Waals surface area contributed by atoms with Gasteiger partial charge in [-0.2, -0.15) is 14.1 Å². The Kier molecular flexibility index (Phi) is 4.73. The van der Waals surface area contributed by atoms with E-state index < -0.39 is 5.97 Å². The predicted octanol–water partition coefficient (Wildman–Crippen LogP) is 1.26. The molecule has 0 saturated heterocycles. The van der Waals surface area contributed by atoms with Gasteiger partial charge in [-0.1, -0.05) is 12.1 Å². The maximum absolute atomic E-state index is 11.8. The van der Waals surface area contributed by atoms with Crippen molar-refractivity contribution in [3.63, 3.8) is 0 Å². The zero-order valence-electron chi connectivity index (χ0n) is 9.80. The molecule has 2 rings (SSSR count). The molecule has 6 nitrogen and oxygen atoms in total. The average Bonchev–Trinajstić information content (AvgIpc) is 2.48. The summed E-state index contributed by atoms with van der Waals surface area (Å²) in [5.41, 5.74) is 6.37.